The van der Waals surface area contributed by atoms with E-state index < -0.39 is 0 Å². The molecule has 27 heavy (non-hydrogen) atoms. The highest BCUT2D eigenvalue weighted by Crippen LogP contribution is 2.35. The van der Waals surface area contributed by atoms with Gasteiger partial charge in [-0.15, -0.1) is 11.3 Å². The highest BCUT2D eigenvalue weighted by Gasteiger charge is 2.34. The van der Waals surface area contributed by atoms with E-state index in [1.54, 1.807) is 23.1 Å². The van der Waals surface area contributed by atoms with E-state index in [0.29, 0.717) is 11.5 Å². The van der Waals surface area contributed by atoms with Crippen LogP contribution in [0.1, 0.15) is 30.1 Å². The zero-order valence-electron chi connectivity index (χ0n) is 15.2. The predicted molar refractivity (Wildman–Crippen MR) is 110 cm³/mol. The third kappa shape index (κ3) is 4.54. The van der Waals surface area contributed by atoms with Crippen molar-refractivity contribution < 1.29 is 9.59 Å². The first kappa shape index (κ1) is 18.5. The normalized spacial score (nSPS) is 23.8. The topological polar surface area (TPSA) is 61.4 Å². The maximum absolute atomic E-state index is 12.6. The fourth-order valence-corrected chi connectivity index (χ4v) is 5.84. The van der Waals surface area contributed by atoms with E-state index in [9.17, 15) is 9.59 Å². The van der Waals surface area contributed by atoms with Crippen LogP contribution in [0, 0.1) is 5.92 Å². The fraction of sp³-hybridized carbons (Fsp3) is 0.400. The third-order valence-electron chi connectivity index (χ3n) is 5.19. The minimum Gasteiger partial charge on any atom is -0.348 e. The second-order valence-electron chi connectivity index (χ2n) is 7.14. The number of carbonyl (C=O) groups is 2. The lowest BCUT2D eigenvalue weighted by molar-refractivity contribution is -0.114. The summed E-state index contributed by atoms with van der Waals surface area (Å²) in [6, 6.07) is 11.9. The Morgan fingerprint density at radius 3 is 2.48 bits per heavy atom. The molecule has 1 aromatic heterocycles. The van der Waals surface area contributed by atoms with Gasteiger partial charge in [0, 0.05) is 30.0 Å². The van der Waals surface area contributed by atoms with Gasteiger partial charge in [-0.1, -0.05) is 11.8 Å². The highest BCUT2D eigenvalue weighted by atomic mass is 32.2. The summed E-state index contributed by atoms with van der Waals surface area (Å²) in [7, 11) is 0. The Bertz CT molecular complexity index is 826. The molecule has 0 unspecified atom stereocenters. The second-order valence-corrected chi connectivity index (χ2v) is 9.60. The van der Waals surface area contributed by atoms with Gasteiger partial charge in [-0.05, 0) is 68.2 Å². The van der Waals surface area contributed by atoms with E-state index in [1.165, 1.54) is 32.9 Å². The molecule has 5 rings (SSSR count). The molecule has 3 aliphatic heterocycles. The predicted octanol–water partition coefficient (Wildman–Crippen LogP) is 3.68. The van der Waals surface area contributed by atoms with Crippen molar-refractivity contribution in [2.45, 2.75) is 34.9 Å². The van der Waals surface area contributed by atoms with Crippen LogP contribution in [0.5, 0.6) is 0 Å². The van der Waals surface area contributed by atoms with Gasteiger partial charge >= 0.3 is 0 Å². The smallest absolute Gasteiger partial charge is 0.251 e. The van der Waals surface area contributed by atoms with Crippen molar-refractivity contribution in [1.82, 2.24) is 10.2 Å². The van der Waals surface area contributed by atoms with Crippen molar-refractivity contribution in [3.05, 3.63) is 42.0 Å². The van der Waals surface area contributed by atoms with Crippen LogP contribution in [0.25, 0.3) is 0 Å². The third-order valence-corrected chi connectivity index (χ3v) is 7.33. The highest BCUT2D eigenvalue weighted by molar-refractivity contribution is 8.01. The molecule has 0 saturated carbocycles. The molecule has 3 saturated heterocycles. The number of fused-ring (bicyclic) bond motifs is 3. The van der Waals surface area contributed by atoms with Gasteiger partial charge in [0.2, 0.25) is 5.91 Å². The molecule has 0 aliphatic carbocycles. The molecule has 7 heteroatoms. The standard InChI is InChI=1S/C20H23N3O2S2/c1-13(24)21-18-6-7-19(27-18)26-16-4-2-15(3-5-16)20(25)22-17-12-23-10-8-14(17)9-11-23/h2-7,14,17H,8-12H2,1H3,(H,21,24)(H,22,25)/t17-/m0/s1. The minimum absolute atomic E-state index is 0.0226. The van der Waals surface area contributed by atoms with Crippen LogP contribution in [0.3, 0.4) is 0 Å². The molecule has 0 radical (unpaired) electrons. The number of thiophene rings is 1. The zero-order valence-corrected chi connectivity index (χ0v) is 16.9. The molecule has 5 nitrogen and oxygen atoms in total. The molecule has 2 amide bonds. The molecular weight excluding hydrogens is 378 g/mol. The molecule has 0 spiro atoms. The maximum atomic E-state index is 12.6. The van der Waals surface area contributed by atoms with Gasteiger partial charge in [-0.2, -0.15) is 0 Å². The molecule has 142 valence electrons. The number of nitrogens with one attached hydrogen (secondary N) is 2. The molecule has 1 atom stereocenters. The van der Waals surface area contributed by atoms with Crippen LogP contribution < -0.4 is 10.6 Å². The van der Waals surface area contributed by atoms with Crippen LogP contribution in [-0.4, -0.2) is 42.4 Å². The number of anilines is 1. The minimum atomic E-state index is -0.0632. The molecule has 2 aromatic rings. The zero-order chi connectivity index (χ0) is 18.8. The number of rotatable bonds is 5. The first-order valence-corrected chi connectivity index (χ1v) is 10.9. The number of amides is 2. The van der Waals surface area contributed by atoms with Gasteiger partial charge in [0.15, 0.2) is 0 Å². The number of nitrogens with zero attached hydrogens (tertiary/aromatic N) is 1. The Hall–Kier alpha value is -1.83. The number of benzene rings is 1. The van der Waals surface area contributed by atoms with Gasteiger partial charge < -0.3 is 15.5 Å². The van der Waals surface area contributed by atoms with Crippen LogP contribution in [-0.2, 0) is 4.79 Å². The first-order valence-electron chi connectivity index (χ1n) is 9.25. The van der Waals surface area contributed by atoms with Crippen LogP contribution >= 0.6 is 23.1 Å². The van der Waals surface area contributed by atoms with Crippen molar-refractivity contribution in [1.29, 1.82) is 0 Å². The first-order chi connectivity index (χ1) is 13.1. The van der Waals surface area contributed by atoms with Gasteiger partial charge in [0.05, 0.1) is 9.21 Å². The Morgan fingerprint density at radius 2 is 1.85 bits per heavy atom. The van der Waals surface area contributed by atoms with Gasteiger partial charge in [0.1, 0.15) is 0 Å². The number of carbonyl (C=O) groups excluding carboxylic acids is 2. The largest absolute Gasteiger partial charge is 0.348 e. The van der Waals surface area contributed by atoms with Gasteiger partial charge in [0.25, 0.3) is 5.91 Å². The van der Waals surface area contributed by atoms with E-state index in [-0.39, 0.29) is 17.9 Å². The Kier molecular flexibility index (Phi) is 5.52. The lowest BCUT2D eigenvalue weighted by Crippen LogP contribution is -2.57. The van der Waals surface area contributed by atoms with Gasteiger partial charge in [-0.3, -0.25) is 9.59 Å². The van der Waals surface area contributed by atoms with E-state index in [0.717, 1.165) is 20.7 Å². The number of hydrogen-bond acceptors (Lipinski definition) is 5. The Morgan fingerprint density at radius 1 is 1.11 bits per heavy atom. The molecule has 3 aliphatic rings. The number of piperidine rings is 3. The van der Waals surface area contributed by atoms with Crippen LogP contribution in [0.15, 0.2) is 45.5 Å². The summed E-state index contributed by atoms with van der Waals surface area (Å²) in [4.78, 5) is 27.2. The number of hydrogen-bond donors (Lipinski definition) is 2. The van der Waals surface area contributed by atoms with Gasteiger partial charge in [-0.25, -0.2) is 0 Å². The molecular formula is C20H23N3O2S2. The molecule has 2 bridgehead atoms. The molecule has 1 aromatic carbocycles. The lowest BCUT2D eigenvalue weighted by Gasteiger charge is -2.44. The SMILES string of the molecule is CC(=O)Nc1ccc(Sc2ccc(C(=O)N[C@H]3CN4CCC3CC4)cc2)s1. The van der Waals surface area contributed by atoms with Crippen LogP contribution in [0.2, 0.25) is 0 Å². The fourth-order valence-electron chi connectivity index (χ4n) is 3.79. The second kappa shape index (κ2) is 8.04. The Balaban J connectivity index is 1.35. The quantitative estimate of drug-likeness (QED) is 0.802. The van der Waals surface area contributed by atoms with E-state index in [2.05, 4.69) is 15.5 Å². The summed E-state index contributed by atoms with van der Waals surface area (Å²) in [5.41, 5.74) is 0.709. The summed E-state index contributed by atoms with van der Waals surface area (Å²) in [6.07, 6.45) is 2.39. The van der Waals surface area contributed by atoms with Crippen molar-refractivity contribution in [2.75, 3.05) is 25.0 Å². The molecule has 2 N–H and O–H groups in total. The maximum Gasteiger partial charge on any atom is 0.251 e. The average Bonchev–Trinajstić information content (AvgIpc) is 3.09. The van der Waals surface area contributed by atoms with Crippen molar-refractivity contribution in [2.24, 2.45) is 5.92 Å². The molecule has 3 fully saturated rings. The van der Waals surface area contributed by atoms with Crippen molar-refractivity contribution >= 4 is 39.9 Å². The molecule has 4 heterocycles. The van der Waals surface area contributed by atoms with Crippen molar-refractivity contribution in [3.8, 4) is 0 Å². The Labute approximate surface area is 167 Å². The summed E-state index contributed by atoms with van der Waals surface area (Å²) < 4.78 is 1.10. The summed E-state index contributed by atoms with van der Waals surface area (Å²) >= 11 is 3.17. The van der Waals surface area contributed by atoms with Crippen molar-refractivity contribution in [3.63, 3.8) is 0 Å². The van der Waals surface area contributed by atoms with E-state index in [4.69, 9.17) is 0 Å². The lowest BCUT2D eigenvalue weighted by atomic mass is 9.84. The average molecular weight is 402 g/mol. The van der Waals surface area contributed by atoms with E-state index in [1.807, 2.05) is 36.4 Å². The van der Waals surface area contributed by atoms with Crippen LogP contribution in [0.4, 0.5) is 5.00 Å². The summed E-state index contributed by atoms with van der Waals surface area (Å²) in [5, 5.41) is 6.87. The summed E-state index contributed by atoms with van der Waals surface area (Å²) in [6.45, 7) is 4.84. The monoisotopic (exact) mass is 401 g/mol. The summed E-state index contributed by atoms with van der Waals surface area (Å²) in [5.74, 6) is 0.589. The van der Waals surface area contributed by atoms with E-state index >= 15 is 0 Å².